The molecule has 1 amide bonds. The van der Waals surface area contributed by atoms with Gasteiger partial charge in [0, 0.05) is 36.1 Å². The van der Waals surface area contributed by atoms with Gasteiger partial charge in [0.15, 0.2) is 0 Å². The fourth-order valence-corrected chi connectivity index (χ4v) is 3.19. The number of amides is 1. The van der Waals surface area contributed by atoms with E-state index >= 15 is 0 Å². The average molecular weight is 383 g/mol. The molecule has 0 bridgehead atoms. The summed E-state index contributed by atoms with van der Waals surface area (Å²) in [5.41, 5.74) is 0.969. The Bertz CT molecular complexity index is 933. The van der Waals surface area contributed by atoms with Crippen LogP contribution in [0.2, 0.25) is 5.02 Å². The maximum atomic E-state index is 12.4. The van der Waals surface area contributed by atoms with Crippen molar-refractivity contribution >= 4 is 29.0 Å². The number of anilines is 2. The number of hydrogen-bond donors (Lipinski definition) is 1. The van der Waals surface area contributed by atoms with Crippen LogP contribution in [-0.4, -0.2) is 38.5 Å². The van der Waals surface area contributed by atoms with Crippen LogP contribution in [0.1, 0.15) is 29.8 Å². The maximum Gasteiger partial charge on any atom is 0.275 e. The molecule has 3 heterocycles. The second kappa shape index (κ2) is 7.75. The van der Waals surface area contributed by atoms with Crippen LogP contribution in [0.3, 0.4) is 0 Å². The number of benzene rings is 1. The Morgan fingerprint density at radius 1 is 1.00 bits per heavy atom. The highest BCUT2D eigenvalue weighted by molar-refractivity contribution is 6.30. The summed E-state index contributed by atoms with van der Waals surface area (Å²) >= 11 is 5.86. The first-order valence-electron chi connectivity index (χ1n) is 8.87. The topological polar surface area (TPSA) is 75.9 Å². The molecule has 7 nitrogen and oxygen atoms in total. The molecule has 0 radical (unpaired) electrons. The molecule has 1 aliphatic heterocycles. The predicted octanol–water partition coefficient (Wildman–Crippen LogP) is 3.56. The van der Waals surface area contributed by atoms with E-state index in [1.54, 1.807) is 47.7 Å². The van der Waals surface area contributed by atoms with Crippen molar-refractivity contribution in [2.45, 2.75) is 19.3 Å². The van der Waals surface area contributed by atoms with Gasteiger partial charge in [-0.1, -0.05) is 11.6 Å². The van der Waals surface area contributed by atoms with E-state index in [1.165, 1.54) is 19.3 Å². The van der Waals surface area contributed by atoms with Gasteiger partial charge in [-0.15, -0.1) is 0 Å². The molecule has 2 aromatic heterocycles. The highest BCUT2D eigenvalue weighted by atomic mass is 35.5. The normalized spacial score (nSPS) is 14.2. The summed E-state index contributed by atoms with van der Waals surface area (Å²) in [5, 5.41) is 3.42. The van der Waals surface area contributed by atoms with Gasteiger partial charge >= 0.3 is 0 Å². The second-order valence-corrected chi connectivity index (χ2v) is 6.85. The molecule has 8 heteroatoms. The number of halogens is 1. The third-order valence-corrected chi connectivity index (χ3v) is 4.75. The van der Waals surface area contributed by atoms with Crippen LogP contribution in [-0.2, 0) is 0 Å². The minimum atomic E-state index is -0.290. The number of piperidine rings is 1. The van der Waals surface area contributed by atoms with Crippen molar-refractivity contribution in [1.82, 2.24) is 19.5 Å². The Balaban J connectivity index is 1.50. The van der Waals surface area contributed by atoms with Gasteiger partial charge in [0.05, 0.1) is 0 Å². The van der Waals surface area contributed by atoms with E-state index in [4.69, 9.17) is 11.6 Å². The van der Waals surface area contributed by atoms with Gasteiger partial charge in [-0.25, -0.2) is 15.0 Å². The van der Waals surface area contributed by atoms with Crippen molar-refractivity contribution < 1.29 is 4.79 Å². The number of rotatable bonds is 4. The summed E-state index contributed by atoms with van der Waals surface area (Å²) in [6.07, 6.45) is 8.42. The van der Waals surface area contributed by atoms with E-state index in [0.29, 0.717) is 22.2 Å². The van der Waals surface area contributed by atoms with E-state index in [1.807, 2.05) is 6.07 Å². The van der Waals surface area contributed by atoms with Gasteiger partial charge in [-0.05, 0) is 43.5 Å². The van der Waals surface area contributed by atoms with Gasteiger partial charge in [0.2, 0.25) is 0 Å². The number of nitrogens with zero attached hydrogens (tertiary/aromatic N) is 5. The quantitative estimate of drug-likeness (QED) is 0.746. The van der Waals surface area contributed by atoms with E-state index in [2.05, 4.69) is 25.2 Å². The highest BCUT2D eigenvalue weighted by Gasteiger charge is 2.15. The Labute approximate surface area is 162 Å². The standard InChI is InChI=1S/C19H19ClN6O/c20-14-4-6-15(7-5-14)24-19(27)16-11-26(13-23-16)18-10-17(21-12-22-18)25-8-2-1-3-9-25/h4-7,10-13H,1-3,8-9H2,(H,24,27). The van der Waals surface area contributed by atoms with Gasteiger partial charge in [-0.3, -0.25) is 9.36 Å². The molecule has 1 saturated heterocycles. The molecule has 0 saturated carbocycles. The number of aromatic nitrogens is 4. The Hall–Kier alpha value is -2.93. The average Bonchev–Trinajstić information content (AvgIpc) is 3.21. The zero-order valence-corrected chi connectivity index (χ0v) is 15.4. The molecule has 1 aromatic carbocycles. The molecule has 1 fully saturated rings. The lowest BCUT2D eigenvalue weighted by molar-refractivity contribution is 0.102. The first kappa shape index (κ1) is 17.5. The third-order valence-electron chi connectivity index (χ3n) is 4.50. The number of carbonyl (C=O) groups is 1. The van der Waals surface area contributed by atoms with Crippen molar-refractivity contribution in [3.8, 4) is 5.82 Å². The lowest BCUT2D eigenvalue weighted by Crippen LogP contribution is -2.30. The fraction of sp³-hybridized carbons (Fsp3) is 0.263. The van der Waals surface area contributed by atoms with Crippen LogP contribution in [0.4, 0.5) is 11.5 Å². The van der Waals surface area contributed by atoms with Crippen molar-refractivity contribution in [1.29, 1.82) is 0 Å². The van der Waals surface area contributed by atoms with Crippen LogP contribution < -0.4 is 10.2 Å². The largest absolute Gasteiger partial charge is 0.356 e. The van der Waals surface area contributed by atoms with E-state index in [9.17, 15) is 4.79 Å². The zero-order valence-electron chi connectivity index (χ0n) is 14.7. The van der Waals surface area contributed by atoms with Crippen LogP contribution in [0.5, 0.6) is 0 Å². The number of carbonyl (C=O) groups excluding carboxylic acids is 1. The van der Waals surface area contributed by atoms with Gasteiger partial charge in [0.25, 0.3) is 5.91 Å². The molecular formula is C19H19ClN6O. The molecule has 0 atom stereocenters. The maximum absolute atomic E-state index is 12.4. The number of hydrogen-bond acceptors (Lipinski definition) is 5. The first-order valence-corrected chi connectivity index (χ1v) is 9.25. The summed E-state index contributed by atoms with van der Waals surface area (Å²) in [5.74, 6) is 1.30. The van der Waals surface area contributed by atoms with Crippen LogP contribution >= 0.6 is 11.6 Å². The monoisotopic (exact) mass is 382 g/mol. The fourth-order valence-electron chi connectivity index (χ4n) is 3.07. The molecule has 1 aliphatic rings. The van der Waals surface area contributed by atoms with Crippen LogP contribution in [0.15, 0.2) is 49.2 Å². The lowest BCUT2D eigenvalue weighted by atomic mass is 10.1. The Morgan fingerprint density at radius 3 is 2.52 bits per heavy atom. The molecule has 0 unspecified atom stereocenters. The van der Waals surface area contributed by atoms with E-state index < -0.39 is 0 Å². The summed E-state index contributed by atoms with van der Waals surface area (Å²) < 4.78 is 1.73. The van der Waals surface area contributed by atoms with Crippen molar-refractivity contribution in [3.05, 3.63) is 59.9 Å². The molecular weight excluding hydrogens is 364 g/mol. The Morgan fingerprint density at radius 2 is 1.74 bits per heavy atom. The first-order chi connectivity index (χ1) is 13.2. The minimum Gasteiger partial charge on any atom is -0.356 e. The molecule has 27 heavy (non-hydrogen) atoms. The summed E-state index contributed by atoms with van der Waals surface area (Å²) in [7, 11) is 0. The molecule has 1 N–H and O–H groups in total. The summed E-state index contributed by atoms with van der Waals surface area (Å²) in [6, 6.07) is 8.85. The SMILES string of the molecule is O=C(Nc1ccc(Cl)cc1)c1cn(-c2cc(N3CCCCC3)ncn2)cn1. The molecule has 138 valence electrons. The van der Waals surface area contributed by atoms with Gasteiger partial charge in [0.1, 0.15) is 30.0 Å². The van der Waals surface area contributed by atoms with Crippen molar-refractivity contribution in [3.63, 3.8) is 0 Å². The van der Waals surface area contributed by atoms with Crippen molar-refractivity contribution in [2.75, 3.05) is 23.3 Å². The summed E-state index contributed by atoms with van der Waals surface area (Å²) in [4.78, 5) is 27.6. The number of imidazole rings is 1. The van der Waals surface area contributed by atoms with Gasteiger partial charge in [-0.2, -0.15) is 0 Å². The van der Waals surface area contributed by atoms with Gasteiger partial charge < -0.3 is 10.2 Å². The molecule has 3 aromatic rings. The van der Waals surface area contributed by atoms with E-state index in [0.717, 1.165) is 18.9 Å². The highest BCUT2D eigenvalue weighted by Crippen LogP contribution is 2.19. The molecule has 0 aliphatic carbocycles. The number of nitrogens with one attached hydrogen (secondary N) is 1. The molecule has 4 rings (SSSR count). The Kier molecular flexibility index (Phi) is 5.02. The second-order valence-electron chi connectivity index (χ2n) is 6.41. The molecule has 0 spiro atoms. The summed E-state index contributed by atoms with van der Waals surface area (Å²) in [6.45, 7) is 2.02. The zero-order chi connectivity index (χ0) is 18.6. The minimum absolute atomic E-state index is 0.290. The predicted molar refractivity (Wildman–Crippen MR) is 105 cm³/mol. The van der Waals surface area contributed by atoms with E-state index in [-0.39, 0.29) is 5.91 Å². The van der Waals surface area contributed by atoms with Crippen molar-refractivity contribution in [2.24, 2.45) is 0 Å². The van der Waals surface area contributed by atoms with Crippen LogP contribution in [0.25, 0.3) is 5.82 Å². The smallest absolute Gasteiger partial charge is 0.275 e. The lowest BCUT2D eigenvalue weighted by Gasteiger charge is -2.27. The third kappa shape index (κ3) is 4.09. The van der Waals surface area contributed by atoms with Crippen LogP contribution in [0, 0.1) is 0 Å².